The van der Waals surface area contributed by atoms with Crippen molar-refractivity contribution in [2.75, 3.05) is 24.2 Å². The van der Waals surface area contributed by atoms with Crippen molar-refractivity contribution in [1.29, 1.82) is 0 Å². The first-order chi connectivity index (χ1) is 6.65. The minimum Gasteiger partial charge on any atom is -0.398 e. The number of nitrogen functional groups attached to an aromatic ring is 1. The third kappa shape index (κ3) is 2.66. The first-order valence-electron chi connectivity index (χ1n) is 5.22. The Labute approximate surface area is 86.7 Å². The van der Waals surface area contributed by atoms with Crippen LogP contribution < -0.4 is 10.6 Å². The van der Waals surface area contributed by atoms with E-state index in [1.165, 1.54) is 18.5 Å². The summed E-state index contributed by atoms with van der Waals surface area (Å²) < 4.78 is 0. The largest absolute Gasteiger partial charge is 0.398 e. The molecule has 0 spiro atoms. The minimum absolute atomic E-state index is 0.880. The van der Waals surface area contributed by atoms with Crippen LogP contribution in [0, 0.1) is 6.92 Å². The Morgan fingerprint density at radius 3 is 2.64 bits per heavy atom. The summed E-state index contributed by atoms with van der Waals surface area (Å²) in [6, 6.07) is 6.25. The van der Waals surface area contributed by atoms with Crippen molar-refractivity contribution >= 4 is 11.4 Å². The van der Waals surface area contributed by atoms with E-state index in [0.717, 1.165) is 17.8 Å². The molecule has 1 aromatic carbocycles. The Hall–Kier alpha value is -1.18. The topological polar surface area (TPSA) is 29.3 Å². The zero-order valence-corrected chi connectivity index (χ0v) is 9.38. The lowest BCUT2D eigenvalue weighted by atomic mass is 10.1. The molecule has 0 fully saturated rings. The van der Waals surface area contributed by atoms with E-state index in [2.05, 4.69) is 31.0 Å². The molecule has 0 aliphatic rings. The van der Waals surface area contributed by atoms with E-state index in [1.54, 1.807) is 0 Å². The number of hydrogen-bond acceptors (Lipinski definition) is 2. The van der Waals surface area contributed by atoms with Crippen LogP contribution in [0.5, 0.6) is 0 Å². The summed E-state index contributed by atoms with van der Waals surface area (Å²) >= 11 is 0. The maximum atomic E-state index is 5.86. The molecule has 1 rings (SSSR count). The predicted octanol–water partition coefficient (Wildman–Crippen LogP) is 2.81. The van der Waals surface area contributed by atoms with Gasteiger partial charge in [0.25, 0.3) is 0 Å². The molecule has 0 saturated heterocycles. The van der Waals surface area contributed by atoms with Crippen molar-refractivity contribution in [3.05, 3.63) is 23.8 Å². The number of unbranched alkanes of at least 4 members (excludes halogenated alkanes) is 1. The maximum absolute atomic E-state index is 5.86. The standard InChI is InChI=1S/C12H20N2/c1-4-5-8-14(3)11-7-6-10(2)12(13)9-11/h6-7,9H,4-5,8,13H2,1-3H3. The monoisotopic (exact) mass is 192 g/mol. The fourth-order valence-electron chi connectivity index (χ4n) is 1.39. The molecule has 0 aliphatic heterocycles. The normalized spacial score (nSPS) is 10.2. The summed E-state index contributed by atoms with van der Waals surface area (Å²) in [6.07, 6.45) is 2.45. The number of anilines is 2. The maximum Gasteiger partial charge on any atom is 0.0384 e. The molecule has 0 unspecified atom stereocenters. The summed E-state index contributed by atoms with van der Waals surface area (Å²) in [5.41, 5.74) is 9.10. The van der Waals surface area contributed by atoms with Gasteiger partial charge in [-0.3, -0.25) is 0 Å². The van der Waals surface area contributed by atoms with Gasteiger partial charge in [-0.05, 0) is 31.0 Å². The fourth-order valence-corrected chi connectivity index (χ4v) is 1.39. The van der Waals surface area contributed by atoms with Crippen molar-refractivity contribution in [3.63, 3.8) is 0 Å². The fraction of sp³-hybridized carbons (Fsp3) is 0.500. The Balaban J connectivity index is 2.70. The van der Waals surface area contributed by atoms with Crippen molar-refractivity contribution in [2.45, 2.75) is 26.7 Å². The van der Waals surface area contributed by atoms with Crippen LogP contribution in [-0.2, 0) is 0 Å². The number of hydrogen-bond donors (Lipinski definition) is 1. The molecule has 0 saturated carbocycles. The van der Waals surface area contributed by atoms with Crippen LogP contribution >= 0.6 is 0 Å². The first-order valence-corrected chi connectivity index (χ1v) is 5.22. The van der Waals surface area contributed by atoms with Gasteiger partial charge in [0.15, 0.2) is 0 Å². The van der Waals surface area contributed by atoms with E-state index >= 15 is 0 Å². The summed E-state index contributed by atoms with van der Waals surface area (Å²) in [7, 11) is 2.11. The van der Waals surface area contributed by atoms with Crippen LogP contribution in [0.4, 0.5) is 11.4 Å². The molecule has 2 nitrogen and oxygen atoms in total. The van der Waals surface area contributed by atoms with Crippen LogP contribution in [0.1, 0.15) is 25.3 Å². The van der Waals surface area contributed by atoms with Crippen LogP contribution in [0.25, 0.3) is 0 Å². The lowest BCUT2D eigenvalue weighted by Crippen LogP contribution is -2.18. The van der Waals surface area contributed by atoms with E-state index < -0.39 is 0 Å². The molecule has 0 atom stereocenters. The van der Waals surface area contributed by atoms with Crippen molar-refractivity contribution in [1.82, 2.24) is 0 Å². The van der Waals surface area contributed by atoms with Gasteiger partial charge in [-0.1, -0.05) is 19.4 Å². The van der Waals surface area contributed by atoms with E-state index in [9.17, 15) is 0 Å². The van der Waals surface area contributed by atoms with Gasteiger partial charge in [-0.2, -0.15) is 0 Å². The number of aryl methyl sites for hydroxylation is 1. The van der Waals surface area contributed by atoms with Crippen LogP contribution in [-0.4, -0.2) is 13.6 Å². The van der Waals surface area contributed by atoms with Gasteiger partial charge < -0.3 is 10.6 Å². The highest BCUT2D eigenvalue weighted by Gasteiger charge is 2.01. The second kappa shape index (κ2) is 4.89. The SMILES string of the molecule is CCCCN(C)c1ccc(C)c(N)c1. The van der Waals surface area contributed by atoms with E-state index in [1.807, 2.05) is 13.0 Å². The van der Waals surface area contributed by atoms with Crippen LogP contribution in [0.15, 0.2) is 18.2 Å². The highest BCUT2D eigenvalue weighted by atomic mass is 15.1. The van der Waals surface area contributed by atoms with E-state index in [0.29, 0.717) is 0 Å². The van der Waals surface area contributed by atoms with Gasteiger partial charge in [0.1, 0.15) is 0 Å². The minimum atomic E-state index is 0.880. The van der Waals surface area contributed by atoms with Gasteiger partial charge in [0.2, 0.25) is 0 Å². The molecular weight excluding hydrogens is 172 g/mol. The highest BCUT2D eigenvalue weighted by Crippen LogP contribution is 2.19. The van der Waals surface area contributed by atoms with Gasteiger partial charge in [0, 0.05) is 25.0 Å². The molecule has 1 aromatic rings. The molecule has 0 heterocycles. The quantitative estimate of drug-likeness (QED) is 0.743. The van der Waals surface area contributed by atoms with E-state index in [-0.39, 0.29) is 0 Å². The molecule has 0 radical (unpaired) electrons. The average molecular weight is 192 g/mol. The number of nitrogens with two attached hydrogens (primary N) is 1. The molecule has 0 aliphatic carbocycles. The predicted molar refractivity (Wildman–Crippen MR) is 63.8 cm³/mol. The van der Waals surface area contributed by atoms with Crippen molar-refractivity contribution < 1.29 is 0 Å². The molecule has 78 valence electrons. The van der Waals surface area contributed by atoms with Gasteiger partial charge in [0.05, 0.1) is 0 Å². The number of benzene rings is 1. The first kappa shape index (κ1) is 10.9. The third-order valence-electron chi connectivity index (χ3n) is 2.55. The Morgan fingerprint density at radius 2 is 2.07 bits per heavy atom. The lowest BCUT2D eigenvalue weighted by Gasteiger charge is -2.19. The zero-order chi connectivity index (χ0) is 10.6. The number of rotatable bonds is 4. The number of nitrogens with zero attached hydrogens (tertiary/aromatic N) is 1. The summed E-state index contributed by atoms with van der Waals surface area (Å²) in [5.74, 6) is 0. The molecular formula is C12H20N2. The Bertz CT molecular complexity index is 294. The zero-order valence-electron chi connectivity index (χ0n) is 9.38. The van der Waals surface area contributed by atoms with Crippen molar-refractivity contribution in [2.24, 2.45) is 0 Å². The van der Waals surface area contributed by atoms with Crippen LogP contribution in [0.3, 0.4) is 0 Å². The van der Waals surface area contributed by atoms with E-state index in [4.69, 9.17) is 5.73 Å². The highest BCUT2D eigenvalue weighted by molar-refractivity contribution is 5.59. The molecule has 0 aromatic heterocycles. The smallest absolute Gasteiger partial charge is 0.0384 e. The molecule has 14 heavy (non-hydrogen) atoms. The third-order valence-corrected chi connectivity index (χ3v) is 2.55. The summed E-state index contributed by atoms with van der Waals surface area (Å²) in [5, 5.41) is 0. The van der Waals surface area contributed by atoms with Crippen molar-refractivity contribution in [3.8, 4) is 0 Å². The second-order valence-corrected chi connectivity index (χ2v) is 3.82. The molecule has 2 heteroatoms. The molecule has 2 N–H and O–H groups in total. The lowest BCUT2D eigenvalue weighted by molar-refractivity contribution is 0.767. The summed E-state index contributed by atoms with van der Waals surface area (Å²) in [6.45, 7) is 5.33. The Kier molecular flexibility index (Phi) is 3.81. The van der Waals surface area contributed by atoms with Gasteiger partial charge in [-0.25, -0.2) is 0 Å². The summed E-state index contributed by atoms with van der Waals surface area (Å²) in [4.78, 5) is 2.25. The van der Waals surface area contributed by atoms with Gasteiger partial charge in [-0.15, -0.1) is 0 Å². The van der Waals surface area contributed by atoms with Crippen LogP contribution in [0.2, 0.25) is 0 Å². The van der Waals surface area contributed by atoms with Gasteiger partial charge >= 0.3 is 0 Å². The second-order valence-electron chi connectivity index (χ2n) is 3.82. The average Bonchev–Trinajstić information content (AvgIpc) is 2.18. The molecule has 0 amide bonds. The molecule has 0 bridgehead atoms. The Morgan fingerprint density at radius 1 is 1.36 bits per heavy atom.